The van der Waals surface area contributed by atoms with Crippen molar-refractivity contribution in [3.8, 4) is 16.9 Å². The minimum absolute atomic E-state index is 0.0651. The second kappa shape index (κ2) is 13.9. The van der Waals surface area contributed by atoms with Crippen molar-refractivity contribution < 1.29 is 33.4 Å². The number of amides is 3. The van der Waals surface area contributed by atoms with Gasteiger partial charge in [0.2, 0.25) is 0 Å². The van der Waals surface area contributed by atoms with Crippen LogP contribution in [0.15, 0.2) is 48.7 Å². The predicted octanol–water partition coefficient (Wildman–Crippen LogP) is 4.25. The van der Waals surface area contributed by atoms with Crippen molar-refractivity contribution in [2.24, 2.45) is 7.05 Å². The predicted molar refractivity (Wildman–Crippen MR) is 184 cm³/mol. The normalized spacial score (nSPS) is 17.6. The number of ether oxygens (including phenoxy) is 2. The lowest BCUT2D eigenvalue weighted by Crippen LogP contribution is -2.53. The van der Waals surface area contributed by atoms with Gasteiger partial charge in [0.25, 0.3) is 11.8 Å². The standard InChI is InChI=1S/C36H40FN7O6/c1-21-24(25-9-7-11-27(22(25)2)41-34(47)32-39-29-17-42(3)13-12-30(29)43(32)4)8-6-10-26(21)40-33(46)28-14-31(49-5)23(15-38-28)16-44-18-36(37,19-45)20-50-35(44)48/h6-11,14-15,45H,12-13,16-20H2,1-5H3,(H,40,46)(H,41,47). The highest BCUT2D eigenvalue weighted by Gasteiger charge is 2.40. The number of aliphatic hydroxyl groups excluding tert-OH is 1. The van der Waals surface area contributed by atoms with E-state index in [1.165, 1.54) is 19.4 Å². The number of fused-ring (bicyclic) bond motifs is 1. The van der Waals surface area contributed by atoms with Gasteiger partial charge < -0.3 is 39.6 Å². The summed E-state index contributed by atoms with van der Waals surface area (Å²) < 4.78 is 26.9. The smallest absolute Gasteiger partial charge is 0.410 e. The molecule has 13 nitrogen and oxygen atoms in total. The average Bonchev–Trinajstić information content (AvgIpc) is 3.43. The van der Waals surface area contributed by atoms with E-state index in [9.17, 15) is 23.9 Å². The van der Waals surface area contributed by atoms with Gasteiger partial charge in [-0.2, -0.15) is 0 Å². The van der Waals surface area contributed by atoms with E-state index in [1.807, 2.05) is 62.8 Å². The fraction of sp³-hybridized carbons (Fsp3) is 0.361. The molecule has 14 heteroatoms. The van der Waals surface area contributed by atoms with Crippen LogP contribution in [0.4, 0.5) is 20.6 Å². The van der Waals surface area contributed by atoms with Gasteiger partial charge in [0, 0.05) is 61.5 Å². The maximum Gasteiger partial charge on any atom is 0.410 e. The molecule has 0 bridgehead atoms. The zero-order chi connectivity index (χ0) is 35.7. The second-order valence-electron chi connectivity index (χ2n) is 12.8. The molecule has 3 N–H and O–H groups in total. The number of carbonyl (C=O) groups excluding carboxylic acids is 3. The molecule has 4 heterocycles. The number of aliphatic hydroxyl groups is 1. The quantitative estimate of drug-likeness (QED) is 0.235. The number of aromatic nitrogens is 3. The van der Waals surface area contributed by atoms with Crippen LogP contribution in [0, 0.1) is 13.8 Å². The number of halogens is 1. The van der Waals surface area contributed by atoms with E-state index in [4.69, 9.17) is 9.47 Å². The van der Waals surface area contributed by atoms with Crippen molar-refractivity contribution in [1.82, 2.24) is 24.3 Å². The number of hydrogen-bond donors (Lipinski definition) is 3. The molecule has 3 amide bonds. The number of imidazole rings is 1. The Morgan fingerprint density at radius 2 is 1.72 bits per heavy atom. The van der Waals surface area contributed by atoms with Gasteiger partial charge in [0.05, 0.1) is 32.5 Å². The third-order valence-corrected chi connectivity index (χ3v) is 9.33. The molecule has 50 heavy (non-hydrogen) atoms. The number of hydrogen-bond acceptors (Lipinski definition) is 9. The number of rotatable bonds is 9. The van der Waals surface area contributed by atoms with Crippen molar-refractivity contribution in [1.29, 1.82) is 0 Å². The highest BCUT2D eigenvalue weighted by atomic mass is 19.1. The van der Waals surface area contributed by atoms with Crippen LogP contribution in [-0.2, 0) is 31.3 Å². The minimum atomic E-state index is -2.08. The summed E-state index contributed by atoms with van der Waals surface area (Å²) in [7, 11) is 5.33. The molecule has 0 radical (unpaired) electrons. The minimum Gasteiger partial charge on any atom is -0.496 e. The van der Waals surface area contributed by atoms with Crippen LogP contribution in [0.3, 0.4) is 0 Å². The Balaban J connectivity index is 1.19. The molecule has 262 valence electrons. The molecular formula is C36H40FN7O6. The number of methoxy groups -OCH3 is 1. The molecule has 6 rings (SSSR count). The number of nitrogens with one attached hydrogen (secondary N) is 2. The molecule has 0 spiro atoms. The highest BCUT2D eigenvalue weighted by molar-refractivity contribution is 6.05. The summed E-state index contributed by atoms with van der Waals surface area (Å²) in [6, 6.07) is 12.7. The lowest BCUT2D eigenvalue weighted by Gasteiger charge is -2.35. The summed E-state index contributed by atoms with van der Waals surface area (Å²) in [4.78, 5) is 51.3. The molecule has 2 aromatic carbocycles. The highest BCUT2D eigenvalue weighted by Crippen LogP contribution is 2.34. The number of likely N-dealkylation sites (N-methyl/N-ethyl adjacent to an activating group) is 1. The first-order chi connectivity index (χ1) is 23.9. The van der Waals surface area contributed by atoms with E-state index in [0.29, 0.717) is 29.3 Å². The van der Waals surface area contributed by atoms with Crippen LogP contribution in [-0.4, -0.2) is 93.5 Å². The van der Waals surface area contributed by atoms with Gasteiger partial charge in [-0.05, 0) is 55.3 Å². The molecule has 2 aliphatic heterocycles. The Labute approximate surface area is 289 Å². The molecule has 2 aliphatic rings. The topological polar surface area (TPSA) is 151 Å². The molecule has 2 aromatic heterocycles. The average molecular weight is 686 g/mol. The first kappa shape index (κ1) is 34.5. The van der Waals surface area contributed by atoms with Crippen LogP contribution in [0.2, 0.25) is 0 Å². The van der Waals surface area contributed by atoms with Gasteiger partial charge in [-0.1, -0.05) is 24.3 Å². The van der Waals surface area contributed by atoms with Gasteiger partial charge in [0.1, 0.15) is 18.1 Å². The largest absolute Gasteiger partial charge is 0.496 e. The Morgan fingerprint density at radius 1 is 1.06 bits per heavy atom. The molecule has 1 atom stereocenters. The first-order valence-electron chi connectivity index (χ1n) is 16.2. The van der Waals surface area contributed by atoms with Gasteiger partial charge in [0.15, 0.2) is 11.5 Å². The van der Waals surface area contributed by atoms with E-state index in [0.717, 1.165) is 51.5 Å². The Bertz CT molecular complexity index is 1980. The van der Waals surface area contributed by atoms with Crippen molar-refractivity contribution in [2.75, 3.05) is 51.1 Å². The van der Waals surface area contributed by atoms with Crippen LogP contribution in [0.25, 0.3) is 11.1 Å². The summed E-state index contributed by atoms with van der Waals surface area (Å²) in [5.74, 6) is -0.132. The van der Waals surface area contributed by atoms with Gasteiger partial charge in [-0.25, -0.2) is 14.2 Å². The molecule has 0 aliphatic carbocycles. The van der Waals surface area contributed by atoms with Crippen molar-refractivity contribution in [3.05, 3.63) is 88.3 Å². The summed E-state index contributed by atoms with van der Waals surface area (Å²) >= 11 is 0. The maximum absolute atomic E-state index is 14.7. The second-order valence-corrected chi connectivity index (χ2v) is 12.8. The summed E-state index contributed by atoms with van der Waals surface area (Å²) in [5, 5.41) is 15.4. The zero-order valence-corrected chi connectivity index (χ0v) is 28.7. The fourth-order valence-electron chi connectivity index (χ4n) is 6.41. The van der Waals surface area contributed by atoms with Crippen molar-refractivity contribution >= 4 is 29.3 Å². The number of benzene rings is 2. The van der Waals surface area contributed by atoms with Gasteiger partial charge >= 0.3 is 6.09 Å². The fourth-order valence-corrected chi connectivity index (χ4v) is 6.41. The van der Waals surface area contributed by atoms with Crippen LogP contribution >= 0.6 is 0 Å². The molecule has 1 saturated heterocycles. The Hall–Kier alpha value is -5.34. The number of carbonyl (C=O) groups is 3. The van der Waals surface area contributed by atoms with Crippen molar-refractivity contribution in [2.45, 2.75) is 39.0 Å². The van der Waals surface area contributed by atoms with Crippen molar-refractivity contribution in [3.63, 3.8) is 0 Å². The lowest BCUT2D eigenvalue weighted by atomic mass is 9.94. The number of pyridine rings is 1. The number of alkyl halides is 1. The van der Waals surface area contributed by atoms with E-state index >= 15 is 0 Å². The zero-order valence-electron chi connectivity index (χ0n) is 28.7. The number of cyclic esters (lactones) is 1. The third-order valence-electron chi connectivity index (χ3n) is 9.33. The number of nitrogens with zero attached hydrogens (tertiary/aromatic N) is 5. The summed E-state index contributed by atoms with van der Waals surface area (Å²) in [6.45, 7) is 3.69. The van der Waals surface area contributed by atoms with Crippen LogP contribution in [0.1, 0.15) is 49.2 Å². The molecule has 0 saturated carbocycles. The first-order valence-corrected chi connectivity index (χ1v) is 16.2. The maximum atomic E-state index is 14.7. The summed E-state index contributed by atoms with van der Waals surface area (Å²) in [6.07, 6.45) is 1.50. The SMILES string of the molecule is COc1cc(C(=O)Nc2cccc(-c3cccc(NC(=O)c4nc5c(n4C)CCN(C)C5)c3C)c2C)ncc1CN1CC(F)(CO)COC1=O. The third kappa shape index (κ3) is 6.76. The monoisotopic (exact) mass is 685 g/mol. The molecule has 1 unspecified atom stereocenters. The van der Waals surface area contributed by atoms with E-state index in [1.54, 1.807) is 6.07 Å². The van der Waals surface area contributed by atoms with Gasteiger partial charge in [-0.15, -0.1) is 0 Å². The van der Waals surface area contributed by atoms with E-state index < -0.39 is 30.9 Å². The Morgan fingerprint density at radius 3 is 2.36 bits per heavy atom. The van der Waals surface area contributed by atoms with Crippen LogP contribution in [0.5, 0.6) is 5.75 Å². The van der Waals surface area contributed by atoms with E-state index in [2.05, 4.69) is 25.5 Å². The number of anilines is 2. The molecular weight excluding hydrogens is 645 g/mol. The Kier molecular flexibility index (Phi) is 9.58. The lowest BCUT2D eigenvalue weighted by molar-refractivity contribution is -0.0564. The van der Waals surface area contributed by atoms with Gasteiger partial charge in [-0.3, -0.25) is 14.6 Å². The molecule has 1 fully saturated rings. The van der Waals surface area contributed by atoms with Crippen LogP contribution < -0.4 is 15.4 Å². The summed E-state index contributed by atoms with van der Waals surface area (Å²) in [5.41, 5.74) is 5.05. The molecule has 4 aromatic rings. The van der Waals surface area contributed by atoms with E-state index in [-0.39, 0.29) is 30.4 Å².